The fourth-order valence-corrected chi connectivity index (χ4v) is 3.64. The van der Waals surface area contributed by atoms with E-state index in [2.05, 4.69) is 35.8 Å². The van der Waals surface area contributed by atoms with E-state index in [4.69, 9.17) is 15.0 Å². The molecule has 1 amide bonds. The normalized spacial score (nSPS) is 26.8. The molecule has 1 aromatic heterocycles. The molecule has 24 heavy (non-hydrogen) atoms. The number of nitrogens with two attached hydrogens (primary N) is 1. The number of likely N-dealkylation sites (tertiary alicyclic amines) is 1. The van der Waals surface area contributed by atoms with Crippen molar-refractivity contribution in [3.63, 3.8) is 0 Å². The third-order valence-corrected chi connectivity index (χ3v) is 5.07. The van der Waals surface area contributed by atoms with Crippen LogP contribution in [0.3, 0.4) is 0 Å². The van der Waals surface area contributed by atoms with E-state index >= 15 is 0 Å². The standard InChI is InChI=1S/C17H28N4O3/c1-17(2,3)16-19-13(20-24-16)10-21-7-4-11(5-8-21)14-12(15(18)22)6-9-23-14/h11-12,14H,4-10H2,1-3H3,(H2,18,22)/t12-,14+/m0/s1. The van der Waals surface area contributed by atoms with E-state index in [1.807, 2.05) is 0 Å². The quantitative estimate of drug-likeness (QED) is 0.895. The number of nitrogens with zero attached hydrogens (tertiary/aromatic N) is 3. The van der Waals surface area contributed by atoms with E-state index in [-0.39, 0.29) is 23.3 Å². The van der Waals surface area contributed by atoms with Gasteiger partial charge in [0.25, 0.3) is 0 Å². The molecule has 2 fully saturated rings. The molecule has 2 atom stereocenters. The highest BCUT2D eigenvalue weighted by Gasteiger charge is 2.39. The van der Waals surface area contributed by atoms with Crippen LogP contribution in [0.5, 0.6) is 0 Å². The fraction of sp³-hybridized carbons (Fsp3) is 0.824. The summed E-state index contributed by atoms with van der Waals surface area (Å²) < 4.78 is 11.2. The second-order valence-corrected chi connectivity index (χ2v) is 8.01. The van der Waals surface area contributed by atoms with Gasteiger partial charge >= 0.3 is 0 Å². The Hall–Kier alpha value is -1.47. The number of amides is 1. The lowest BCUT2D eigenvalue weighted by Crippen LogP contribution is -2.42. The first-order valence-electron chi connectivity index (χ1n) is 8.81. The Labute approximate surface area is 142 Å². The van der Waals surface area contributed by atoms with Crippen LogP contribution in [0.2, 0.25) is 0 Å². The van der Waals surface area contributed by atoms with Crippen LogP contribution in [0.4, 0.5) is 0 Å². The zero-order chi connectivity index (χ0) is 17.3. The highest BCUT2D eigenvalue weighted by molar-refractivity contribution is 5.77. The van der Waals surface area contributed by atoms with Gasteiger partial charge in [-0.25, -0.2) is 0 Å². The molecule has 2 saturated heterocycles. The Morgan fingerprint density at radius 2 is 2.00 bits per heavy atom. The van der Waals surface area contributed by atoms with E-state index in [1.54, 1.807) is 0 Å². The molecule has 3 heterocycles. The monoisotopic (exact) mass is 336 g/mol. The van der Waals surface area contributed by atoms with Crippen molar-refractivity contribution in [1.82, 2.24) is 15.0 Å². The first-order valence-corrected chi connectivity index (χ1v) is 8.81. The number of rotatable bonds is 4. The summed E-state index contributed by atoms with van der Waals surface area (Å²) in [4.78, 5) is 18.4. The minimum absolute atomic E-state index is 0.00215. The molecule has 0 aromatic carbocycles. The van der Waals surface area contributed by atoms with Gasteiger partial charge in [0, 0.05) is 12.0 Å². The van der Waals surface area contributed by atoms with Crippen molar-refractivity contribution in [3.8, 4) is 0 Å². The van der Waals surface area contributed by atoms with Crippen molar-refractivity contribution in [2.75, 3.05) is 19.7 Å². The van der Waals surface area contributed by atoms with Gasteiger partial charge in [-0.1, -0.05) is 25.9 Å². The summed E-state index contributed by atoms with van der Waals surface area (Å²) >= 11 is 0. The van der Waals surface area contributed by atoms with Gasteiger partial charge in [0.15, 0.2) is 5.82 Å². The largest absolute Gasteiger partial charge is 0.377 e. The van der Waals surface area contributed by atoms with Gasteiger partial charge in [0.05, 0.1) is 18.6 Å². The summed E-state index contributed by atoms with van der Waals surface area (Å²) in [5.41, 5.74) is 5.38. The highest BCUT2D eigenvalue weighted by Crippen LogP contribution is 2.33. The molecule has 7 nitrogen and oxygen atoms in total. The lowest BCUT2D eigenvalue weighted by atomic mass is 9.84. The van der Waals surface area contributed by atoms with Crippen LogP contribution >= 0.6 is 0 Å². The van der Waals surface area contributed by atoms with E-state index in [0.29, 0.717) is 25.0 Å². The summed E-state index contributed by atoms with van der Waals surface area (Å²) in [7, 11) is 0. The molecule has 2 aliphatic rings. The van der Waals surface area contributed by atoms with Gasteiger partial charge in [-0.05, 0) is 38.3 Å². The van der Waals surface area contributed by atoms with Crippen molar-refractivity contribution >= 4 is 5.91 Å². The van der Waals surface area contributed by atoms with Gasteiger partial charge in [-0.2, -0.15) is 4.98 Å². The molecule has 0 spiro atoms. The average Bonchev–Trinajstić information content (AvgIpc) is 3.16. The van der Waals surface area contributed by atoms with Crippen LogP contribution in [-0.4, -0.2) is 46.7 Å². The molecule has 134 valence electrons. The van der Waals surface area contributed by atoms with Crippen LogP contribution in [0.25, 0.3) is 0 Å². The highest BCUT2D eigenvalue weighted by atomic mass is 16.5. The Balaban J connectivity index is 1.52. The predicted molar refractivity (Wildman–Crippen MR) is 88.0 cm³/mol. The fourth-order valence-electron chi connectivity index (χ4n) is 3.64. The lowest BCUT2D eigenvalue weighted by molar-refractivity contribution is -0.124. The maximum Gasteiger partial charge on any atom is 0.232 e. The average molecular weight is 336 g/mol. The minimum Gasteiger partial charge on any atom is -0.377 e. The SMILES string of the molecule is CC(C)(C)c1nc(CN2CCC([C@H]3OCC[C@@H]3C(N)=O)CC2)no1. The van der Waals surface area contributed by atoms with Gasteiger partial charge in [0.2, 0.25) is 11.8 Å². The van der Waals surface area contributed by atoms with Crippen LogP contribution in [0, 0.1) is 11.8 Å². The van der Waals surface area contributed by atoms with E-state index in [1.165, 1.54) is 0 Å². The summed E-state index contributed by atoms with van der Waals surface area (Å²) in [6, 6.07) is 0. The second kappa shape index (κ2) is 6.80. The number of primary amides is 1. The number of carbonyl (C=O) groups is 1. The molecule has 0 unspecified atom stereocenters. The smallest absolute Gasteiger partial charge is 0.232 e. The summed E-state index contributed by atoms with van der Waals surface area (Å²) in [6.45, 7) is 9.45. The topological polar surface area (TPSA) is 94.5 Å². The van der Waals surface area contributed by atoms with Crippen molar-refractivity contribution in [3.05, 3.63) is 11.7 Å². The number of aromatic nitrogens is 2. The zero-order valence-corrected chi connectivity index (χ0v) is 14.8. The van der Waals surface area contributed by atoms with Gasteiger partial charge in [-0.3, -0.25) is 9.69 Å². The molecule has 1 aromatic rings. The molecule has 0 bridgehead atoms. The van der Waals surface area contributed by atoms with Crippen LogP contribution in [0.1, 0.15) is 51.7 Å². The molecule has 3 rings (SSSR count). The predicted octanol–water partition coefficient (Wildman–Crippen LogP) is 1.47. The molecular formula is C17H28N4O3. The number of hydrogen-bond acceptors (Lipinski definition) is 6. The number of piperidine rings is 1. The van der Waals surface area contributed by atoms with E-state index in [9.17, 15) is 4.79 Å². The Kier molecular flexibility index (Phi) is 4.92. The third kappa shape index (κ3) is 3.78. The number of ether oxygens (including phenoxy) is 1. The van der Waals surface area contributed by atoms with Gasteiger partial charge in [-0.15, -0.1) is 0 Å². The van der Waals surface area contributed by atoms with Crippen LogP contribution < -0.4 is 5.73 Å². The number of carbonyl (C=O) groups excluding carboxylic acids is 1. The Bertz CT molecular complexity index is 573. The molecule has 0 saturated carbocycles. The molecule has 7 heteroatoms. The maximum absolute atomic E-state index is 11.5. The summed E-state index contributed by atoms with van der Waals surface area (Å²) in [6.07, 6.45) is 2.79. The summed E-state index contributed by atoms with van der Waals surface area (Å²) in [5, 5.41) is 4.09. The minimum atomic E-state index is -0.221. The molecule has 0 aliphatic carbocycles. The molecular weight excluding hydrogens is 308 g/mol. The number of hydrogen-bond donors (Lipinski definition) is 1. The molecule has 2 aliphatic heterocycles. The van der Waals surface area contributed by atoms with Crippen LogP contribution in [0.15, 0.2) is 4.52 Å². The first kappa shape index (κ1) is 17.4. The van der Waals surface area contributed by atoms with Crippen molar-refractivity contribution in [1.29, 1.82) is 0 Å². The molecule has 2 N–H and O–H groups in total. The molecule has 0 radical (unpaired) electrons. The van der Waals surface area contributed by atoms with E-state index < -0.39 is 0 Å². The van der Waals surface area contributed by atoms with Gasteiger partial charge in [0.1, 0.15) is 0 Å². The van der Waals surface area contributed by atoms with E-state index in [0.717, 1.165) is 38.2 Å². The second-order valence-electron chi connectivity index (χ2n) is 8.01. The summed E-state index contributed by atoms with van der Waals surface area (Å²) in [5.74, 6) is 1.49. The van der Waals surface area contributed by atoms with Crippen molar-refractivity contribution < 1.29 is 14.1 Å². The van der Waals surface area contributed by atoms with Gasteiger partial charge < -0.3 is 15.0 Å². The maximum atomic E-state index is 11.5. The Morgan fingerprint density at radius 1 is 1.29 bits per heavy atom. The lowest BCUT2D eigenvalue weighted by Gasteiger charge is -2.35. The zero-order valence-electron chi connectivity index (χ0n) is 14.8. The Morgan fingerprint density at radius 3 is 2.58 bits per heavy atom. The van der Waals surface area contributed by atoms with Crippen molar-refractivity contribution in [2.24, 2.45) is 17.6 Å². The van der Waals surface area contributed by atoms with Crippen LogP contribution in [-0.2, 0) is 21.5 Å². The third-order valence-electron chi connectivity index (χ3n) is 5.07. The first-order chi connectivity index (χ1) is 11.3. The van der Waals surface area contributed by atoms with Crippen molar-refractivity contribution in [2.45, 2.75) is 58.1 Å².